The molecular formula is C11H14BrN5O. The van der Waals surface area contributed by atoms with Crippen LogP contribution in [-0.4, -0.2) is 22.5 Å². The standard InChI is InChI=1S/C11H14BrN5O/c1-18-8-2-3-9(12)7(4-8)5-10(15-13)11-6-14-17-16-11/h2-4,6,10,15H,5,13H2,1H3,(H,14,16,17). The first-order valence-electron chi connectivity index (χ1n) is 5.38. The molecule has 1 unspecified atom stereocenters. The van der Waals surface area contributed by atoms with Crippen molar-refractivity contribution < 1.29 is 4.74 Å². The van der Waals surface area contributed by atoms with Crippen LogP contribution in [0.3, 0.4) is 0 Å². The Morgan fingerprint density at radius 1 is 1.56 bits per heavy atom. The summed E-state index contributed by atoms with van der Waals surface area (Å²) in [6, 6.07) is 5.71. The number of nitrogens with one attached hydrogen (secondary N) is 2. The Kier molecular flexibility index (Phi) is 4.29. The average Bonchev–Trinajstić information content (AvgIpc) is 2.91. The maximum absolute atomic E-state index is 5.55. The summed E-state index contributed by atoms with van der Waals surface area (Å²) < 4.78 is 6.22. The van der Waals surface area contributed by atoms with Gasteiger partial charge in [0.05, 0.1) is 19.3 Å². The number of rotatable bonds is 5. The van der Waals surface area contributed by atoms with Crippen LogP contribution in [0.2, 0.25) is 0 Å². The molecule has 2 aromatic rings. The molecule has 1 aromatic carbocycles. The molecule has 7 heteroatoms. The summed E-state index contributed by atoms with van der Waals surface area (Å²) in [5, 5.41) is 10.4. The summed E-state index contributed by atoms with van der Waals surface area (Å²) in [5.41, 5.74) is 4.59. The molecule has 4 N–H and O–H groups in total. The summed E-state index contributed by atoms with van der Waals surface area (Å²) >= 11 is 3.51. The number of aromatic amines is 1. The van der Waals surface area contributed by atoms with E-state index in [4.69, 9.17) is 10.6 Å². The van der Waals surface area contributed by atoms with E-state index in [9.17, 15) is 0 Å². The molecule has 18 heavy (non-hydrogen) atoms. The van der Waals surface area contributed by atoms with E-state index < -0.39 is 0 Å². The molecule has 1 atom stereocenters. The molecule has 6 nitrogen and oxygen atoms in total. The predicted octanol–water partition coefficient (Wildman–Crippen LogP) is 1.32. The molecule has 0 aliphatic carbocycles. The topological polar surface area (TPSA) is 88.9 Å². The summed E-state index contributed by atoms with van der Waals surface area (Å²) in [4.78, 5) is 0. The van der Waals surface area contributed by atoms with Crippen molar-refractivity contribution in [2.45, 2.75) is 12.5 Å². The van der Waals surface area contributed by atoms with Crippen LogP contribution in [0.5, 0.6) is 5.75 Å². The molecule has 0 fully saturated rings. The smallest absolute Gasteiger partial charge is 0.119 e. The van der Waals surface area contributed by atoms with E-state index in [0.29, 0.717) is 6.42 Å². The molecule has 96 valence electrons. The highest BCUT2D eigenvalue weighted by Crippen LogP contribution is 2.26. The van der Waals surface area contributed by atoms with Gasteiger partial charge < -0.3 is 4.74 Å². The van der Waals surface area contributed by atoms with Crippen molar-refractivity contribution in [1.82, 2.24) is 20.8 Å². The number of hydrogen-bond acceptors (Lipinski definition) is 5. The molecule has 0 saturated carbocycles. The zero-order valence-electron chi connectivity index (χ0n) is 9.85. The lowest BCUT2D eigenvalue weighted by atomic mass is 10.0. The molecule has 0 aliphatic rings. The zero-order chi connectivity index (χ0) is 13.0. The van der Waals surface area contributed by atoms with Crippen molar-refractivity contribution in [3.05, 3.63) is 40.1 Å². The van der Waals surface area contributed by atoms with Gasteiger partial charge >= 0.3 is 0 Å². The summed E-state index contributed by atoms with van der Waals surface area (Å²) in [5.74, 6) is 6.36. The zero-order valence-corrected chi connectivity index (χ0v) is 11.4. The summed E-state index contributed by atoms with van der Waals surface area (Å²) in [6.45, 7) is 0. The number of methoxy groups -OCH3 is 1. The van der Waals surface area contributed by atoms with Crippen LogP contribution < -0.4 is 16.0 Å². The first-order chi connectivity index (χ1) is 8.74. The lowest BCUT2D eigenvalue weighted by molar-refractivity contribution is 0.413. The molecule has 0 bridgehead atoms. The van der Waals surface area contributed by atoms with Crippen LogP contribution in [0.1, 0.15) is 17.3 Å². The molecular weight excluding hydrogens is 298 g/mol. The second-order valence-corrected chi connectivity index (χ2v) is 4.63. The number of H-pyrrole nitrogens is 1. The quantitative estimate of drug-likeness (QED) is 0.572. The van der Waals surface area contributed by atoms with E-state index in [1.165, 1.54) is 0 Å². The SMILES string of the molecule is COc1ccc(Br)c(CC(NN)c2cn[nH]n2)c1. The van der Waals surface area contributed by atoms with Gasteiger partial charge in [0.1, 0.15) is 11.4 Å². The molecule has 0 amide bonds. The number of hydrazine groups is 1. The highest BCUT2D eigenvalue weighted by atomic mass is 79.9. The molecule has 0 spiro atoms. The Labute approximate surface area is 113 Å². The van der Waals surface area contributed by atoms with E-state index in [-0.39, 0.29) is 6.04 Å². The third-order valence-corrected chi connectivity index (χ3v) is 3.44. The van der Waals surface area contributed by atoms with Crippen LogP contribution in [0.15, 0.2) is 28.9 Å². The van der Waals surface area contributed by atoms with Crippen LogP contribution in [0.4, 0.5) is 0 Å². The normalized spacial score (nSPS) is 12.4. The van der Waals surface area contributed by atoms with E-state index in [0.717, 1.165) is 21.5 Å². The van der Waals surface area contributed by atoms with Gasteiger partial charge in [-0.15, -0.1) is 0 Å². The minimum absolute atomic E-state index is 0.104. The predicted molar refractivity (Wildman–Crippen MR) is 70.8 cm³/mol. The third kappa shape index (κ3) is 2.87. The average molecular weight is 312 g/mol. The van der Waals surface area contributed by atoms with Gasteiger partial charge in [0, 0.05) is 4.47 Å². The Balaban J connectivity index is 2.21. The molecule has 1 aromatic heterocycles. The van der Waals surface area contributed by atoms with Gasteiger partial charge in [-0.2, -0.15) is 15.4 Å². The van der Waals surface area contributed by atoms with E-state index in [1.54, 1.807) is 13.3 Å². The van der Waals surface area contributed by atoms with Crippen molar-refractivity contribution in [3.8, 4) is 5.75 Å². The summed E-state index contributed by atoms with van der Waals surface area (Å²) in [7, 11) is 1.64. The maximum atomic E-state index is 5.55. The lowest BCUT2D eigenvalue weighted by Crippen LogP contribution is -2.30. The minimum atomic E-state index is -0.104. The third-order valence-electron chi connectivity index (χ3n) is 2.67. The fraction of sp³-hybridized carbons (Fsp3) is 0.273. The van der Waals surface area contributed by atoms with Crippen molar-refractivity contribution >= 4 is 15.9 Å². The molecule has 2 rings (SSSR count). The van der Waals surface area contributed by atoms with Crippen LogP contribution >= 0.6 is 15.9 Å². The fourth-order valence-corrected chi connectivity index (χ4v) is 2.09. The monoisotopic (exact) mass is 311 g/mol. The molecule has 0 radical (unpaired) electrons. The Morgan fingerprint density at radius 3 is 3.00 bits per heavy atom. The van der Waals surface area contributed by atoms with Gasteiger partial charge in [0.25, 0.3) is 0 Å². The van der Waals surface area contributed by atoms with Gasteiger partial charge in [-0.05, 0) is 30.2 Å². The van der Waals surface area contributed by atoms with E-state index >= 15 is 0 Å². The fourth-order valence-electron chi connectivity index (χ4n) is 1.68. The van der Waals surface area contributed by atoms with Crippen molar-refractivity contribution in [3.63, 3.8) is 0 Å². The molecule has 0 saturated heterocycles. The largest absolute Gasteiger partial charge is 0.497 e. The summed E-state index contributed by atoms with van der Waals surface area (Å²) in [6.07, 6.45) is 2.33. The van der Waals surface area contributed by atoms with Crippen LogP contribution in [0, 0.1) is 0 Å². The first-order valence-corrected chi connectivity index (χ1v) is 6.18. The van der Waals surface area contributed by atoms with Crippen molar-refractivity contribution in [2.24, 2.45) is 5.84 Å². The van der Waals surface area contributed by atoms with Crippen LogP contribution in [0.25, 0.3) is 0 Å². The number of aromatic nitrogens is 3. The second-order valence-electron chi connectivity index (χ2n) is 3.78. The molecule has 0 aliphatic heterocycles. The first kappa shape index (κ1) is 13.0. The Bertz CT molecular complexity index is 502. The highest BCUT2D eigenvalue weighted by molar-refractivity contribution is 9.10. The minimum Gasteiger partial charge on any atom is -0.497 e. The number of nitrogens with zero attached hydrogens (tertiary/aromatic N) is 2. The van der Waals surface area contributed by atoms with Gasteiger partial charge in [-0.1, -0.05) is 15.9 Å². The number of hydrogen-bond donors (Lipinski definition) is 3. The highest BCUT2D eigenvalue weighted by Gasteiger charge is 2.15. The van der Waals surface area contributed by atoms with Gasteiger partial charge in [0.15, 0.2) is 0 Å². The van der Waals surface area contributed by atoms with Crippen molar-refractivity contribution in [2.75, 3.05) is 7.11 Å². The molecule has 1 heterocycles. The van der Waals surface area contributed by atoms with Gasteiger partial charge in [0.2, 0.25) is 0 Å². The van der Waals surface area contributed by atoms with E-state index in [2.05, 4.69) is 36.8 Å². The Hall–Kier alpha value is -1.44. The maximum Gasteiger partial charge on any atom is 0.119 e. The van der Waals surface area contributed by atoms with Crippen LogP contribution in [-0.2, 0) is 6.42 Å². The number of nitrogens with two attached hydrogens (primary N) is 1. The second kappa shape index (κ2) is 5.94. The Morgan fingerprint density at radius 2 is 2.39 bits per heavy atom. The lowest BCUT2D eigenvalue weighted by Gasteiger charge is -2.14. The van der Waals surface area contributed by atoms with Crippen molar-refractivity contribution in [1.29, 1.82) is 0 Å². The van der Waals surface area contributed by atoms with Gasteiger partial charge in [-0.3, -0.25) is 11.3 Å². The van der Waals surface area contributed by atoms with Gasteiger partial charge in [-0.25, -0.2) is 0 Å². The number of ether oxygens (including phenoxy) is 1. The number of benzene rings is 1. The number of halogens is 1. The van der Waals surface area contributed by atoms with E-state index in [1.807, 2.05) is 18.2 Å².